The highest BCUT2D eigenvalue weighted by Crippen LogP contribution is 2.31. The lowest BCUT2D eigenvalue weighted by Crippen LogP contribution is -2.43. The molecule has 1 aromatic heterocycles. The first kappa shape index (κ1) is 13.7. The van der Waals surface area contributed by atoms with Crippen LogP contribution in [0.25, 0.3) is 10.9 Å². The number of halogens is 1. The maximum Gasteiger partial charge on any atom is 0.240 e. The number of piperidine rings is 1. The number of carbonyl (C=O) groups is 1. The molecule has 0 spiro atoms. The van der Waals surface area contributed by atoms with E-state index in [0.717, 1.165) is 18.4 Å². The highest BCUT2D eigenvalue weighted by atomic mass is 19.1. The van der Waals surface area contributed by atoms with Crippen LogP contribution in [0.4, 0.5) is 4.39 Å². The number of rotatable bonds is 3. The van der Waals surface area contributed by atoms with Crippen molar-refractivity contribution in [3.05, 3.63) is 29.7 Å². The van der Waals surface area contributed by atoms with Crippen molar-refractivity contribution in [3.8, 4) is 0 Å². The van der Waals surface area contributed by atoms with Gasteiger partial charge in [0.15, 0.2) is 0 Å². The quantitative estimate of drug-likeness (QED) is 0.810. The molecule has 2 bridgehead atoms. The van der Waals surface area contributed by atoms with Gasteiger partial charge in [0.2, 0.25) is 11.9 Å². The van der Waals surface area contributed by atoms with Gasteiger partial charge in [-0.25, -0.2) is 0 Å². The van der Waals surface area contributed by atoms with E-state index in [-0.39, 0.29) is 11.8 Å². The topological polar surface area (TPSA) is 69.8 Å². The van der Waals surface area contributed by atoms with Crippen molar-refractivity contribution >= 4 is 16.8 Å². The van der Waals surface area contributed by atoms with E-state index in [2.05, 4.69) is 20.8 Å². The summed E-state index contributed by atoms with van der Waals surface area (Å²) < 4.78 is 13.5. The molecule has 3 heterocycles. The number of fused-ring (bicyclic) bond motifs is 3. The zero-order chi connectivity index (χ0) is 15.1. The van der Waals surface area contributed by atoms with Crippen molar-refractivity contribution in [2.45, 2.75) is 44.3 Å². The smallest absolute Gasteiger partial charge is 0.240 e. The van der Waals surface area contributed by atoms with Crippen LogP contribution in [-0.2, 0) is 11.3 Å². The van der Waals surface area contributed by atoms with E-state index in [1.165, 1.54) is 12.8 Å². The molecule has 2 aromatic rings. The second-order valence-corrected chi connectivity index (χ2v) is 6.42. The van der Waals surface area contributed by atoms with E-state index in [4.69, 9.17) is 0 Å². The lowest BCUT2D eigenvalue weighted by atomic mass is 9.91. The van der Waals surface area contributed by atoms with Crippen LogP contribution in [0.2, 0.25) is 0 Å². The van der Waals surface area contributed by atoms with Crippen LogP contribution in [0.3, 0.4) is 0 Å². The molecule has 0 aliphatic carbocycles. The standard InChI is InChI=1S/C16H19FN4O/c17-15-13-5-9(1-4-14(13)20-21-15)8-18-16(22)10-6-11-2-3-12(7-10)19-11/h1,4-5,10-12,19H,2-3,6-8H2,(H,18,22)(H,20,21)/t10?,11-,12+. The minimum absolute atomic E-state index is 0.105. The van der Waals surface area contributed by atoms with Crippen molar-refractivity contribution in [2.75, 3.05) is 0 Å². The molecule has 0 radical (unpaired) electrons. The van der Waals surface area contributed by atoms with Gasteiger partial charge in [-0.2, -0.15) is 4.39 Å². The number of amides is 1. The summed E-state index contributed by atoms with van der Waals surface area (Å²) in [6.07, 6.45) is 4.23. The van der Waals surface area contributed by atoms with E-state index in [1.807, 2.05) is 6.07 Å². The van der Waals surface area contributed by atoms with E-state index in [0.29, 0.717) is 29.5 Å². The monoisotopic (exact) mass is 302 g/mol. The Balaban J connectivity index is 1.40. The van der Waals surface area contributed by atoms with Gasteiger partial charge in [0.25, 0.3) is 0 Å². The predicted molar refractivity (Wildman–Crippen MR) is 80.6 cm³/mol. The Hall–Kier alpha value is -1.95. The van der Waals surface area contributed by atoms with Gasteiger partial charge < -0.3 is 10.6 Å². The zero-order valence-electron chi connectivity index (χ0n) is 12.2. The number of benzene rings is 1. The molecule has 0 saturated carbocycles. The molecular formula is C16H19FN4O. The van der Waals surface area contributed by atoms with Gasteiger partial charge in [-0.3, -0.25) is 9.89 Å². The summed E-state index contributed by atoms with van der Waals surface area (Å²) in [5.74, 6) is -0.280. The van der Waals surface area contributed by atoms with Crippen LogP contribution < -0.4 is 10.6 Å². The fourth-order valence-electron chi connectivity index (χ4n) is 3.74. The summed E-state index contributed by atoms with van der Waals surface area (Å²) >= 11 is 0. The maximum absolute atomic E-state index is 13.5. The van der Waals surface area contributed by atoms with Crippen molar-refractivity contribution in [1.82, 2.24) is 20.8 Å². The molecule has 6 heteroatoms. The number of nitrogens with one attached hydrogen (secondary N) is 3. The van der Waals surface area contributed by atoms with Gasteiger partial charge in [-0.05, 0) is 43.4 Å². The van der Waals surface area contributed by atoms with E-state index in [9.17, 15) is 9.18 Å². The third kappa shape index (κ3) is 2.47. The molecule has 2 aliphatic heterocycles. The van der Waals surface area contributed by atoms with Gasteiger partial charge in [0, 0.05) is 24.5 Å². The number of H-pyrrole nitrogens is 1. The van der Waals surface area contributed by atoms with Crippen molar-refractivity contribution in [1.29, 1.82) is 0 Å². The largest absolute Gasteiger partial charge is 0.352 e. The first-order chi connectivity index (χ1) is 10.7. The van der Waals surface area contributed by atoms with Crippen LogP contribution in [0.15, 0.2) is 18.2 Å². The molecule has 2 aliphatic rings. The molecule has 116 valence electrons. The average Bonchev–Trinajstić information content (AvgIpc) is 3.07. The SMILES string of the molecule is O=C(NCc1ccc2[nH]nc(F)c2c1)C1C[C@H]2CC[C@@H](C1)N2. The molecule has 1 amide bonds. The summed E-state index contributed by atoms with van der Waals surface area (Å²) in [5.41, 5.74) is 1.56. The minimum atomic E-state index is -0.502. The third-order valence-corrected chi connectivity index (χ3v) is 4.89. The summed E-state index contributed by atoms with van der Waals surface area (Å²) in [5, 5.41) is 13.2. The van der Waals surface area contributed by atoms with Crippen LogP contribution in [0.1, 0.15) is 31.2 Å². The first-order valence-corrected chi connectivity index (χ1v) is 7.85. The fraction of sp³-hybridized carbons (Fsp3) is 0.500. The second-order valence-electron chi connectivity index (χ2n) is 6.42. The van der Waals surface area contributed by atoms with Gasteiger partial charge in [-0.1, -0.05) is 6.07 Å². The van der Waals surface area contributed by atoms with E-state index < -0.39 is 5.95 Å². The fourth-order valence-corrected chi connectivity index (χ4v) is 3.74. The van der Waals surface area contributed by atoms with Crippen LogP contribution in [0.5, 0.6) is 0 Å². The Kier molecular flexibility index (Phi) is 3.33. The Bertz CT molecular complexity index is 701. The van der Waals surface area contributed by atoms with Crippen LogP contribution in [0, 0.1) is 11.9 Å². The molecule has 5 nitrogen and oxygen atoms in total. The van der Waals surface area contributed by atoms with Gasteiger partial charge >= 0.3 is 0 Å². The van der Waals surface area contributed by atoms with E-state index in [1.54, 1.807) is 12.1 Å². The number of nitrogens with zero attached hydrogens (tertiary/aromatic N) is 1. The molecule has 2 fully saturated rings. The molecular weight excluding hydrogens is 283 g/mol. The third-order valence-electron chi connectivity index (χ3n) is 4.89. The summed E-state index contributed by atoms with van der Waals surface area (Å²) in [4.78, 5) is 12.3. The first-order valence-electron chi connectivity index (χ1n) is 7.85. The Morgan fingerprint density at radius 2 is 2.09 bits per heavy atom. The summed E-state index contributed by atoms with van der Waals surface area (Å²) in [7, 11) is 0. The maximum atomic E-state index is 13.5. The van der Waals surface area contributed by atoms with Gasteiger partial charge in [0.1, 0.15) is 0 Å². The molecule has 4 rings (SSSR count). The molecule has 3 atom stereocenters. The molecule has 1 aromatic carbocycles. The highest BCUT2D eigenvalue weighted by molar-refractivity contribution is 5.80. The molecule has 1 unspecified atom stereocenters. The van der Waals surface area contributed by atoms with Crippen LogP contribution in [-0.4, -0.2) is 28.2 Å². The Morgan fingerprint density at radius 3 is 2.86 bits per heavy atom. The lowest BCUT2D eigenvalue weighted by Gasteiger charge is -2.28. The number of hydrogen-bond acceptors (Lipinski definition) is 3. The predicted octanol–water partition coefficient (Wildman–Crippen LogP) is 1.85. The summed E-state index contributed by atoms with van der Waals surface area (Å²) in [6.45, 7) is 0.429. The number of aromatic amines is 1. The van der Waals surface area contributed by atoms with Gasteiger partial charge in [-0.15, -0.1) is 5.10 Å². The molecule has 2 saturated heterocycles. The van der Waals surface area contributed by atoms with Crippen molar-refractivity contribution in [3.63, 3.8) is 0 Å². The molecule has 22 heavy (non-hydrogen) atoms. The molecule has 3 N–H and O–H groups in total. The van der Waals surface area contributed by atoms with Crippen molar-refractivity contribution < 1.29 is 9.18 Å². The number of carbonyl (C=O) groups excluding carboxylic acids is 1. The summed E-state index contributed by atoms with van der Waals surface area (Å²) in [6, 6.07) is 6.42. The van der Waals surface area contributed by atoms with Crippen LogP contribution >= 0.6 is 0 Å². The van der Waals surface area contributed by atoms with Crippen molar-refractivity contribution in [2.24, 2.45) is 5.92 Å². The van der Waals surface area contributed by atoms with E-state index >= 15 is 0 Å². The van der Waals surface area contributed by atoms with Gasteiger partial charge in [0.05, 0.1) is 10.9 Å². The second kappa shape index (κ2) is 5.35. The minimum Gasteiger partial charge on any atom is -0.352 e. The Morgan fingerprint density at radius 1 is 1.32 bits per heavy atom. The number of aromatic nitrogens is 2. The number of hydrogen-bond donors (Lipinski definition) is 3. The normalized spacial score (nSPS) is 27.2. The highest BCUT2D eigenvalue weighted by Gasteiger charge is 2.36. The lowest BCUT2D eigenvalue weighted by molar-refractivity contribution is -0.126. The average molecular weight is 302 g/mol. The Labute approximate surface area is 127 Å². The zero-order valence-corrected chi connectivity index (χ0v) is 12.2.